The van der Waals surface area contributed by atoms with Gasteiger partial charge in [0.15, 0.2) is 29.2 Å². The third-order valence-corrected chi connectivity index (χ3v) is 34.8. The fourth-order valence-corrected chi connectivity index (χ4v) is 29.8. The molecule has 2 aliphatic rings. The number of methoxy groups -OCH3 is 2. The van der Waals surface area contributed by atoms with Gasteiger partial charge < -0.3 is 56.4 Å². The Morgan fingerprint density at radius 2 is 0.973 bits per heavy atom. The van der Waals surface area contributed by atoms with Crippen LogP contribution in [0.5, 0.6) is 0 Å². The highest BCUT2D eigenvalue weighted by molar-refractivity contribution is 7.80. The lowest BCUT2D eigenvalue weighted by Crippen LogP contribution is -2.67. The average molecular weight is 1600 g/mol. The van der Waals surface area contributed by atoms with Crippen LogP contribution in [0.1, 0.15) is 182 Å². The molecule has 7 aromatic rings. The van der Waals surface area contributed by atoms with Gasteiger partial charge in [0.05, 0.1) is 49.5 Å². The van der Waals surface area contributed by atoms with Crippen molar-refractivity contribution in [2.45, 2.75) is 245 Å². The van der Waals surface area contributed by atoms with E-state index in [2.05, 4.69) is 258 Å². The minimum atomic E-state index is -2.89. The van der Waals surface area contributed by atoms with E-state index >= 15 is 0 Å². The molecular weight excluding hydrogens is 1470 g/mol. The number of carbonyl (C=O) groups excluding carboxylic acids is 2. The molecule has 0 saturated carbocycles. The van der Waals surface area contributed by atoms with Gasteiger partial charge in [0, 0.05) is 48.7 Å². The van der Waals surface area contributed by atoms with Gasteiger partial charge in [-0.25, -0.2) is 0 Å². The van der Waals surface area contributed by atoms with Gasteiger partial charge in [-0.15, -0.1) is 0 Å². The first kappa shape index (κ1) is 90.5. The van der Waals surface area contributed by atoms with E-state index in [0.717, 1.165) is 124 Å². The standard InChI is InChI=1S/C46H67NO6SSi2.C46H67NO6Si2/c1-10-46(11-2,53-55(7,8)9)34-36(35-52-56(45(3,4)5,38-25-14-12-15-26-38)39-27-16-13-17-28-39)33-40(44(48)49-6)43(54)47-41-29-19-18-23-37(41)24-22-32-51-42-30-20-21-31-50-42;1-10-46(11-2,53-54(7,8)9)33-35(34-52-55(45(3,4)5,36-22-14-12-15-23-36)37-24-16-13-17-25-37)32-40(44(48)49-6)43-39(38-26-18-19-27-41(38)47-43)29-31-51-42-28-20-21-30-50-42/h12-19,22-29,36,40,42H,10-11,20-21,30-35H2,1-9H3,(H,47,54);12-19,22-27,35,40,42,47H,10-11,20-21,28-34H2,1-9H3/b24-22-;/t36-,40?,42?;35-,40?,42?/m11/s1. The SMILES string of the molecule is CCC(CC)(C[C@H](CO[Si](c1ccccc1)(c1ccccc1)C(C)(C)C)CC(C(=O)OC)C(=S)Nc1ccccc1/C=C\COC1CCCCO1)O[Si](C)(C)C.CCC(CC)(C[C@H](CO[Si](c1ccccc1)(c1ccccc1)C(C)(C)C)CC(C(=O)OC)c1[nH]c2ccccc2c1CCOC1CCCCO1)O[Si](C)(C)C. The van der Waals surface area contributed by atoms with Crippen LogP contribution < -0.4 is 26.1 Å². The van der Waals surface area contributed by atoms with Crippen LogP contribution in [0.2, 0.25) is 49.4 Å². The molecule has 19 heteroatoms. The molecule has 6 atom stereocenters. The monoisotopic (exact) mass is 1600 g/mol. The van der Waals surface area contributed by atoms with Crippen LogP contribution in [0.3, 0.4) is 0 Å². The van der Waals surface area contributed by atoms with Crippen LogP contribution in [0.15, 0.2) is 176 Å². The molecule has 0 bridgehead atoms. The molecule has 0 amide bonds. The maximum atomic E-state index is 14.2. The number of nitrogens with one attached hydrogen (secondary N) is 2. The van der Waals surface area contributed by atoms with Crippen molar-refractivity contribution in [2.24, 2.45) is 17.8 Å². The summed E-state index contributed by atoms with van der Waals surface area (Å²) in [6, 6.07) is 59.3. The molecule has 6 aromatic carbocycles. The maximum absolute atomic E-state index is 14.2. The number of thiocarbonyl (C=S) groups is 1. The Hall–Kier alpha value is -6.02. The van der Waals surface area contributed by atoms with E-state index in [4.69, 9.17) is 58.3 Å². The number of para-hydroxylation sites is 2. The number of esters is 2. The van der Waals surface area contributed by atoms with Gasteiger partial charge in [0.2, 0.25) is 0 Å². The highest BCUT2D eigenvalue weighted by Crippen LogP contribution is 2.44. The normalized spacial score (nSPS) is 16.8. The molecular formula is C92H134N2O12SSi4. The summed E-state index contributed by atoms with van der Waals surface area (Å²) in [6.07, 6.45) is 16.5. The number of fused-ring (bicyclic) bond motifs is 1. The summed E-state index contributed by atoms with van der Waals surface area (Å²) in [5.41, 5.74) is 4.05. The predicted molar refractivity (Wildman–Crippen MR) is 471 cm³/mol. The van der Waals surface area contributed by atoms with Crippen LogP contribution in [-0.4, -0.2) is 133 Å². The third-order valence-electron chi connectivity index (χ3n) is 22.3. The van der Waals surface area contributed by atoms with Crippen molar-refractivity contribution >= 4 is 106 Å². The van der Waals surface area contributed by atoms with Crippen molar-refractivity contribution in [3.8, 4) is 0 Å². The van der Waals surface area contributed by atoms with Crippen LogP contribution in [0.4, 0.5) is 5.69 Å². The molecule has 4 unspecified atom stereocenters. The minimum absolute atomic E-state index is 0.0202. The van der Waals surface area contributed by atoms with E-state index in [1.807, 2.05) is 42.5 Å². The first-order chi connectivity index (χ1) is 52.9. The molecule has 0 radical (unpaired) electrons. The van der Waals surface area contributed by atoms with E-state index < -0.39 is 45.1 Å². The molecule has 3 heterocycles. The summed E-state index contributed by atoms with van der Waals surface area (Å²) in [6.45, 7) is 39.7. The Morgan fingerprint density at radius 1 is 0.550 bits per heavy atom. The van der Waals surface area contributed by atoms with E-state index in [-0.39, 0.29) is 57.6 Å². The Balaban J connectivity index is 0.000000279. The quantitative estimate of drug-likeness (QED) is 0.0213. The van der Waals surface area contributed by atoms with Crippen LogP contribution in [-0.2, 0) is 62.1 Å². The van der Waals surface area contributed by atoms with Gasteiger partial charge in [-0.2, -0.15) is 0 Å². The van der Waals surface area contributed by atoms with E-state index in [9.17, 15) is 9.59 Å². The number of aromatic amines is 1. The fourth-order valence-electron chi connectivity index (χ4n) is 16.9. The molecule has 2 N–H and O–H groups in total. The number of ether oxygens (including phenoxy) is 6. The zero-order valence-electron chi connectivity index (χ0n) is 70.4. The van der Waals surface area contributed by atoms with Crippen molar-refractivity contribution in [2.75, 3.05) is 59.2 Å². The topological polar surface area (TPSA) is 154 Å². The van der Waals surface area contributed by atoms with Crippen molar-refractivity contribution < 1.29 is 55.7 Å². The van der Waals surface area contributed by atoms with E-state index in [1.54, 1.807) is 0 Å². The number of H-pyrrole nitrogens is 1. The minimum Gasteiger partial charge on any atom is -0.469 e. The second-order valence-corrected chi connectivity index (χ2v) is 52.4. The Labute approximate surface area is 676 Å². The summed E-state index contributed by atoms with van der Waals surface area (Å²) in [5.74, 6) is -1.95. The smallest absolute Gasteiger partial charge is 0.315 e. The van der Waals surface area contributed by atoms with E-state index in [0.29, 0.717) is 50.7 Å². The lowest BCUT2D eigenvalue weighted by Gasteiger charge is -2.45. The van der Waals surface area contributed by atoms with Gasteiger partial charge in [0.1, 0.15) is 5.92 Å². The maximum Gasteiger partial charge on any atom is 0.315 e. The summed E-state index contributed by atoms with van der Waals surface area (Å²) in [5, 5.41) is 9.10. The third kappa shape index (κ3) is 24.8. The van der Waals surface area contributed by atoms with Crippen molar-refractivity contribution in [3.63, 3.8) is 0 Å². The summed E-state index contributed by atoms with van der Waals surface area (Å²) < 4.78 is 64.3. The van der Waals surface area contributed by atoms with Crippen LogP contribution in [0, 0.1) is 17.8 Å². The molecule has 14 nitrogen and oxygen atoms in total. The Kier molecular flexibility index (Phi) is 34.3. The van der Waals surface area contributed by atoms with Gasteiger partial charge in [-0.1, -0.05) is 251 Å². The van der Waals surface area contributed by atoms with Crippen LogP contribution in [0.25, 0.3) is 17.0 Å². The molecule has 606 valence electrons. The van der Waals surface area contributed by atoms with E-state index in [1.165, 1.54) is 35.0 Å². The summed E-state index contributed by atoms with van der Waals surface area (Å²) in [4.78, 5) is 32.1. The number of carbonyl (C=O) groups is 2. The summed E-state index contributed by atoms with van der Waals surface area (Å²) >= 11 is 6.12. The number of hydrogen-bond donors (Lipinski definition) is 2. The fraction of sp³-hybridized carbons (Fsp3) is 0.533. The van der Waals surface area contributed by atoms with Crippen molar-refractivity contribution in [1.29, 1.82) is 0 Å². The van der Waals surface area contributed by atoms with Crippen molar-refractivity contribution in [1.82, 2.24) is 4.98 Å². The highest BCUT2D eigenvalue weighted by atomic mass is 32.1. The van der Waals surface area contributed by atoms with Crippen molar-refractivity contribution in [3.05, 3.63) is 193 Å². The molecule has 2 aliphatic heterocycles. The van der Waals surface area contributed by atoms with Gasteiger partial charge in [-0.3, -0.25) is 9.59 Å². The molecule has 111 heavy (non-hydrogen) atoms. The molecule has 9 rings (SSSR count). The summed E-state index contributed by atoms with van der Waals surface area (Å²) in [7, 11) is -6.71. The lowest BCUT2D eigenvalue weighted by atomic mass is 9.81. The number of hydrogen-bond acceptors (Lipinski definition) is 13. The predicted octanol–water partition coefficient (Wildman–Crippen LogP) is 20.0. The van der Waals surface area contributed by atoms with Gasteiger partial charge in [-0.05, 0) is 202 Å². The van der Waals surface area contributed by atoms with Gasteiger partial charge >= 0.3 is 11.9 Å². The molecule has 1 aromatic heterocycles. The molecule has 0 aliphatic carbocycles. The number of benzene rings is 6. The second-order valence-electron chi connectivity index (χ2n) is 34.5. The Bertz CT molecular complexity index is 3890. The number of aromatic nitrogens is 1. The first-order valence-corrected chi connectivity index (χ1v) is 52.1. The molecule has 2 fully saturated rings. The molecule has 0 spiro atoms. The Morgan fingerprint density at radius 3 is 1.40 bits per heavy atom. The average Bonchev–Trinajstić information content (AvgIpc) is 1.37. The second kappa shape index (κ2) is 42.0. The zero-order valence-corrected chi connectivity index (χ0v) is 75.3. The van der Waals surface area contributed by atoms with Crippen LogP contribution >= 0.6 is 12.2 Å². The van der Waals surface area contributed by atoms with Gasteiger partial charge in [0.25, 0.3) is 16.6 Å². The lowest BCUT2D eigenvalue weighted by molar-refractivity contribution is -0.161. The largest absolute Gasteiger partial charge is 0.469 e. The highest BCUT2D eigenvalue weighted by Gasteiger charge is 2.53. The number of rotatable bonds is 39. The number of anilines is 1. The molecule has 2 saturated heterocycles. The zero-order chi connectivity index (χ0) is 80.5. The first-order valence-electron chi connectivity index (χ1n) is 41.1.